The van der Waals surface area contributed by atoms with Crippen LogP contribution in [-0.2, 0) is 4.74 Å². The molecule has 4 rings (SSSR count). The summed E-state index contributed by atoms with van der Waals surface area (Å²) < 4.78 is 7.19. The number of nitrogens with zero attached hydrogens (tertiary/aromatic N) is 3. The number of ether oxygens (including phenoxy) is 1. The summed E-state index contributed by atoms with van der Waals surface area (Å²) in [6.07, 6.45) is 4.35. The van der Waals surface area contributed by atoms with Crippen molar-refractivity contribution in [1.29, 1.82) is 0 Å². The standard InChI is InChI=1S/C20H20N4O2/c25-20(21-11-15-8-9-26-12-15)17-6-4-16(5-7-17)18-2-1-3-19(10-18)24-13-22-23-14-24/h1-7,10,13-15H,8-9,11-12H2,(H,21,25)/t15-/m0/s1. The van der Waals surface area contributed by atoms with Crippen LogP contribution in [0.4, 0.5) is 0 Å². The molecule has 26 heavy (non-hydrogen) atoms. The van der Waals surface area contributed by atoms with Gasteiger partial charge in [0.25, 0.3) is 5.91 Å². The molecule has 1 saturated heterocycles. The molecular weight excluding hydrogens is 328 g/mol. The van der Waals surface area contributed by atoms with Crippen molar-refractivity contribution in [2.24, 2.45) is 5.92 Å². The zero-order valence-electron chi connectivity index (χ0n) is 14.3. The molecule has 2 heterocycles. The highest BCUT2D eigenvalue weighted by molar-refractivity contribution is 5.94. The monoisotopic (exact) mass is 348 g/mol. The summed E-state index contributed by atoms with van der Waals surface area (Å²) in [5.74, 6) is 0.389. The van der Waals surface area contributed by atoms with Crippen molar-refractivity contribution < 1.29 is 9.53 Å². The van der Waals surface area contributed by atoms with Crippen LogP contribution in [0.3, 0.4) is 0 Å². The molecule has 1 aliphatic heterocycles. The smallest absolute Gasteiger partial charge is 0.251 e. The highest BCUT2D eigenvalue weighted by Crippen LogP contribution is 2.22. The Labute approximate surface area is 151 Å². The molecule has 0 radical (unpaired) electrons. The normalized spacial score (nSPS) is 16.5. The van der Waals surface area contributed by atoms with E-state index >= 15 is 0 Å². The van der Waals surface area contributed by atoms with Gasteiger partial charge in [-0.3, -0.25) is 9.36 Å². The number of rotatable bonds is 5. The molecule has 0 saturated carbocycles. The second-order valence-corrected chi connectivity index (χ2v) is 6.44. The van der Waals surface area contributed by atoms with Gasteiger partial charge in [0.1, 0.15) is 12.7 Å². The molecule has 1 amide bonds. The topological polar surface area (TPSA) is 69.0 Å². The van der Waals surface area contributed by atoms with Gasteiger partial charge in [-0.1, -0.05) is 24.3 Å². The molecule has 1 aliphatic rings. The average Bonchev–Trinajstić information content (AvgIpc) is 3.40. The number of aromatic nitrogens is 3. The molecule has 1 N–H and O–H groups in total. The van der Waals surface area contributed by atoms with Gasteiger partial charge in [-0.05, 0) is 41.8 Å². The molecule has 6 nitrogen and oxygen atoms in total. The van der Waals surface area contributed by atoms with Gasteiger partial charge >= 0.3 is 0 Å². The third-order valence-electron chi connectivity index (χ3n) is 4.62. The Morgan fingerprint density at radius 1 is 1.12 bits per heavy atom. The summed E-state index contributed by atoms with van der Waals surface area (Å²) in [5, 5.41) is 10.7. The Hall–Kier alpha value is -2.99. The highest BCUT2D eigenvalue weighted by Gasteiger charge is 2.16. The summed E-state index contributed by atoms with van der Waals surface area (Å²) in [4.78, 5) is 12.3. The van der Waals surface area contributed by atoms with Gasteiger partial charge in [0.15, 0.2) is 0 Å². The Balaban J connectivity index is 1.45. The van der Waals surface area contributed by atoms with Crippen LogP contribution in [0.25, 0.3) is 16.8 Å². The molecule has 1 atom stereocenters. The number of hydrogen-bond acceptors (Lipinski definition) is 4. The Morgan fingerprint density at radius 3 is 2.65 bits per heavy atom. The molecule has 1 fully saturated rings. The van der Waals surface area contributed by atoms with Gasteiger partial charge in [-0.15, -0.1) is 10.2 Å². The lowest BCUT2D eigenvalue weighted by atomic mass is 10.0. The third-order valence-corrected chi connectivity index (χ3v) is 4.62. The summed E-state index contributed by atoms with van der Waals surface area (Å²) in [5.41, 5.74) is 3.79. The first-order valence-corrected chi connectivity index (χ1v) is 8.71. The van der Waals surface area contributed by atoms with E-state index in [1.165, 1.54) is 0 Å². The van der Waals surface area contributed by atoms with Crippen LogP contribution in [0, 0.1) is 5.92 Å². The number of nitrogens with one attached hydrogen (secondary N) is 1. The van der Waals surface area contributed by atoms with E-state index in [0.717, 1.165) is 36.4 Å². The fourth-order valence-electron chi connectivity index (χ4n) is 3.08. The first kappa shape index (κ1) is 16.5. The zero-order chi connectivity index (χ0) is 17.8. The van der Waals surface area contributed by atoms with Crippen LogP contribution in [0.1, 0.15) is 16.8 Å². The molecular formula is C20H20N4O2. The van der Waals surface area contributed by atoms with Crippen molar-refractivity contribution in [3.8, 4) is 16.8 Å². The van der Waals surface area contributed by atoms with E-state index in [0.29, 0.717) is 18.0 Å². The Kier molecular flexibility index (Phi) is 4.75. The van der Waals surface area contributed by atoms with Crippen molar-refractivity contribution in [2.45, 2.75) is 6.42 Å². The van der Waals surface area contributed by atoms with Gasteiger partial charge in [0.2, 0.25) is 0 Å². The molecule has 0 unspecified atom stereocenters. The maximum absolute atomic E-state index is 12.3. The second-order valence-electron chi connectivity index (χ2n) is 6.44. The molecule has 0 spiro atoms. The first-order chi connectivity index (χ1) is 12.8. The lowest BCUT2D eigenvalue weighted by molar-refractivity contribution is 0.0945. The van der Waals surface area contributed by atoms with Crippen LogP contribution in [-0.4, -0.2) is 40.4 Å². The van der Waals surface area contributed by atoms with E-state index < -0.39 is 0 Å². The van der Waals surface area contributed by atoms with Gasteiger partial charge in [0.05, 0.1) is 6.61 Å². The minimum Gasteiger partial charge on any atom is -0.381 e. The number of amides is 1. The SMILES string of the molecule is O=C(NC[C@@H]1CCOC1)c1ccc(-c2cccc(-n3cnnc3)c2)cc1. The van der Waals surface area contributed by atoms with Crippen molar-refractivity contribution in [2.75, 3.05) is 19.8 Å². The maximum Gasteiger partial charge on any atom is 0.251 e. The van der Waals surface area contributed by atoms with Crippen molar-refractivity contribution in [3.63, 3.8) is 0 Å². The second kappa shape index (κ2) is 7.49. The molecule has 1 aromatic heterocycles. The lowest BCUT2D eigenvalue weighted by Crippen LogP contribution is -2.29. The number of carbonyl (C=O) groups excluding carboxylic acids is 1. The van der Waals surface area contributed by atoms with Gasteiger partial charge in [0, 0.05) is 30.3 Å². The van der Waals surface area contributed by atoms with Crippen molar-refractivity contribution in [1.82, 2.24) is 20.1 Å². The molecule has 0 aliphatic carbocycles. The molecule has 0 bridgehead atoms. The van der Waals surface area contributed by atoms with E-state index in [-0.39, 0.29) is 5.91 Å². The molecule has 2 aromatic carbocycles. The van der Waals surface area contributed by atoms with Crippen LogP contribution in [0.5, 0.6) is 0 Å². The van der Waals surface area contributed by atoms with Crippen molar-refractivity contribution >= 4 is 5.91 Å². The number of hydrogen-bond donors (Lipinski definition) is 1. The minimum atomic E-state index is -0.0401. The van der Waals surface area contributed by atoms with Crippen LogP contribution in [0.2, 0.25) is 0 Å². The first-order valence-electron chi connectivity index (χ1n) is 8.71. The predicted octanol–water partition coefficient (Wildman–Crippen LogP) is 2.70. The Bertz CT molecular complexity index is 869. The fourth-order valence-corrected chi connectivity index (χ4v) is 3.08. The molecule has 3 aromatic rings. The summed E-state index contributed by atoms with van der Waals surface area (Å²) in [6.45, 7) is 2.20. The minimum absolute atomic E-state index is 0.0401. The molecule has 132 valence electrons. The lowest BCUT2D eigenvalue weighted by Gasteiger charge is -2.10. The zero-order valence-corrected chi connectivity index (χ0v) is 14.3. The van der Waals surface area contributed by atoms with E-state index in [1.54, 1.807) is 12.7 Å². The number of carbonyl (C=O) groups is 1. The van der Waals surface area contributed by atoms with E-state index in [9.17, 15) is 4.79 Å². The van der Waals surface area contributed by atoms with Crippen LogP contribution < -0.4 is 5.32 Å². The maximum atomic E-state index is 12.3. The number of benzene rings is 2. The largest absolute Gasteiger partial charge is 0.381 e. The van der Waals surface area contributed by atoms with E-state index in [1.807, 2.05) is 47.0 Å². The van der Waals surface area contributed by atoms with E-state index in [4.69, 9.17) is 4.74 Å². The van der Waals surface area contributed by atoms with Gasteiger partial charge < -0.3 is 10.1 Å². The summed E-state index contributed by atoms with van der Waals surface area (Å²) >= 11 is 0. The van der Waals surface area contributed by atoms with Crippen LogP contribution in [0.15, 0.2) is 61.2 Å². The van der Waals surface area contributed by atoms with E-state index in [2.05, 4.69) is 21.6 Å². The Morgan fingerprint density at radius 2 is 1.92 bits per heavy atom. The molecule has 6 heteroatoms. The fraction of sp³-hybridized carbons (Fsp3) is 0.250. The predicted molar refractivity (Wildman–Crippen MR) is 98.1 cm³/mol. The van der Waals surface area contributed by atoms with Gasteiger partial charge in [-0.25, -0.2) is 0 Å². The summed E-state index contributed by atoms with van der Waals surface area (Å²) in [7, 11) is 0. The summed E-state index contributed by atoms with van der Waals surface area (Å²) in [6, 6.07) is 15.8. The quantitative estimate of drug-likeness (QED) is 0.770. The third kappa shape index (κ3) is 3.65. The van der Waals surface area contributed by atoms with Crippen molar-refractivity contribution in [3.05, 3.63) is 66.7 Å². The van der Waals surface area contributed by atoms with Crippen LogP contribution >= 0.6 is 0 Å². The average molecular weight is 348 g/mol. The highest BCUT2D eigenvalue weighted by atomic mass is 16.5. The van der Waals surface area contributed by atoms with Gasteiger partial charge in [-0.2, -0.15) is 0 Å².